The molecule has 0 N–H and O–H groups in total. The number of fused-ring (bicyclic) bond motifs is 1. The van der Waals surface area contributed by atoms with E-state index in [0.717, 1.165) is 15.7 Å². The molecule has 0 spiro atoms. The Labute approximate surface area is 155 Å². The monoisotopic (exact) mass is 417 g/mol. The summed E-state index contributed by atoms with van der Waals surface area (Å²) in [6.07, 6.45) is 1.88. The molecule has 126 valence electrons. The van der Waals surface area contributed by atoms with Gasteiger partial charge >= 0.3 is 0 Å². The second-order valence-corrected chi connectivity index (χ2v) is 7.56. The van der Waals surface area contributed by atoms with Gasteiger partial charge in [-0.15, -0.1) is 0 Å². The molecular formula is C18H13BrFN3OS. The van der Waals surface area contributed by atoms with Gasteiger partial charge in [0, 0.05) is 10.2 Å². The van der Waals surface area contributed by atoms with Crippen LogP contribution in [0.4, 0.5) is 10.1 Å². The molecule has 0 fully saturated rings. The standard InChI is InChI=1S/C18H13BrFN3OS/c19-13-3-1-2-12(8-13)9-16-17(24)23-11-22(10-21-18(23)25-16)15-6-4-14(20)5-7-15/h1-9H,10-11H2. The Morgan fingerprint density at radius 1 is 1.20 bits per heavy atom. The van der Waals surface area contributed by atoms with Gasteiger partial charge in [0.05, 0.1) is 4.53 Å². The number of hydrogen-bond acceptors (Lipinski definition) is 4. The summed E-state index contributed by atoms with van der Waals surface area (Å²) < 4.78 is 16.4. The second kappa shape index (κ2) is 6.57. The fourth-order valence-corrected chi connectivity index (χ4v) is 4.05. The Kier molecular flexibility index (Phi) is 4.27. The molecule has 25 heavy (non-hydrogen) atoms. The lowest BCUT2D eigenvalue weighted by molar-refractivity contribution is 0.568. The average molecular weight is 418 g/mol. The number of rotatable bonds is 2. The Morgan fingerprint density at radius 2 is 2.00 bits per heavy atom. The van der Waals surface area contributed by atoms with E-state index >= 15 is 0 Å². The molecule has 0 unspecified atom stereocenters. The van der Waals surface area contributed by atoms with E-state index < -0.39 is 0 Å². The first-order chi connectivity index (χ1) is 12.1. The van der Waals surface area contributed by atoms with Crippen molar-refractivity contribution in [2.75, 3.05) is 11.6 Å². The molecule has 4 rings (SSSR count). The van der Waals surface area contributed by atoms with E-state index in [1.165, 1.54) is 23.5 Å². The maximum atomic E-state index is 13.1. The number of halogens is 2. The van der Waals surface area contributed by atoms with Crippen molar-refractivity contribution < 1.29 is 4.39 Å². The summed E-state index contributed by atoms with van der Waals surface area (Å²) in [5.41, 5.74) is 1.74. The van der Waals surface area contributed by atoms with Crippen molar-refractivity contribution in [1.29, 1.82) is 0 Å². The van der Waals surface area contributed by atoms with Gasteiger partial charge in [-0.05, 0) is 48.0 Å². The van der Waals surface area contributed by atoms with E-state index in [9.17, 15) is 9.18 Å². The Morgan fingerprint density at radius 3 is 2.76 bits per heavy atom. The third-order valence-electron chi connectivity index (χ3n) is 3.92. The van der Waals surface area contributed by atoms with Gasteiger partial charge in [-0.1, -0.05) is 39.4 Å². The minimum Gasteiger partial charge on any atom is -0.334 e. The summed E-state index contributed by atoms with van der Waals surface area (Å²) >= 11 is 4.83. The maximum absolute atomic E-state index is 13.1. The molecule has 2 heterocycles. The summed E-state index contributed by atoms with van der Waals surface area (Å²) in [4.78, 5) is 19.9. The summed E-state index contributed by atoms with van der Waals surface area (Å²) in [6, 6.07) is 14.0. The Balaban J connectivity index is 1.71. The fraction of sp³-hybridized carbons (Fsp3) is 0.111. The van der Waals surface area contributed by atoms with E-state index in [4.69, 9.17) is 0 Å². The zero-order chi connectivity index (χ0) is 17.4. The number of nitrogens with zero attached hydrogens (tertiary/aromatic N) is 3. The molecule has 1 aromatic heterocycles. The van der Waals surface area contributed by atoms with Crippen LogP contribution in [0.2, 0.25) is 0 Å². The van der Waals surface area contributed by atoms with Crippen LogP contribution in [0.3, 0.4) is 0 Å². The van der Waals surface area contributed by atoms with E-state index in [1.54, 1.807) is 16.7 Å². The number of hydrogen-bond donors (Lipinski definition) is 0. The van der Waals surface area contributed by atoms with Crippen LogP contribution in [0.1, 0.15) is 5.56 Å². The number of anilines is 1. The number of aromatic nitrogens is 1. The molecule has 0 atom stereocenters. The highest BCUT2D eigenvalue weighted by atomic mass is 79.9. The van der Waals surface area contributed by atoms with Crippen LogP contribution in [0.5, 0.6) is 0 Å². The van der Waals surface area contributed by atoms with Crippen LogP contribution in [0, 0.1) is 5.82 Å². The topological polar surface area (TPSA) is 37.6 Å². The Bertz CT molecular complexity index is 1100. The van der Waals surface area contributed by atoms with Gasteiger partial charge in [0.1, 0.15) is 19.2 Å². The summed E-state index contributed by atoms with van der Waals surface area (Å²) in [7, 11) is 0. The SMILES string of the molecule is O=c1c(=Cc2cccc(Br)c2)sc2n1CN(c1ccc(F)cc1)CN=2. The van der Waals surface area contributed by atoms with Gasteiger partial charge in [0.15, 0.2) is 4.80 Å². The highest BCUT2D eigenvalue weighted by Gasteiger charge is 2.15. The van der Waals surface area contributed by atoms with Gasteiger partial charge in [-0.2, -0.15) is 0 Å². The first-order valence-electron chi connectivity index (χ1n) is 7.62. The predicted molar refractivity (Wildman–Crippen MR) is 101 cm³/mol. The zero-order valence-electron chi connectivity index (χ0n) is 13.0. The van der Waals surface area contributed by atoms with Gasteiger partial charge in [0.25, 0.3) is 5.56 Å². The molecule has 7 heteroatoms. The first-order valence-corrected chi connectivity index (χ1v) is 9.23. The van der Waals surface area contributed by atoms with Gasteiger partial charge < -0.3 is 4.90 Å². The Hall–Kier alpha value is -2.25. The third-order valence-corrected chi connectivity index (χ3v) is 5.45. The minimum atomic E-state index is -0.281. The minimum absolute atomic E-state index is 0.0597. The molecule has 0 amide bonds. The first kappa shape index (κ1) is 16.2. The molecule has 0 bridgehead atoms. The van der Waals surface area contributed by atoms with Crippen LogP contribution in [0.25, 0.3) is 6.08 Å². The smallest absolute Gasteiger partial charge is 0.271 e. The van der Waals surface area contributed by atoms with Crippen molar-refractivity contribution in [1.82, 2.24) is 4.57 Å². The van der Waals surface area contributed by atoms with Crippen molar-refractivity contribution in [2.45, 2.75) is 6.67 Å². The highest BCUT2D eigenvalue weighted by Crippen LogP contribution is 2.16. The molecule has 0 radical (unpaired) electrons. The summed E-state index contributed by atoms with van der Waals surface area (Å²) in [5, 5.41) is 0. The van der Waals surface area contributed by atoms with Crippen molar-refractivity contribution in [2.24, 2.45) is 4.99 Å². The molecule has 0 saturated heterocycles. The molecule has 1 aliphatic heterocycles. The van der Waals surface area contributed by atoms with Gasteiger partial charge in [0.2, 0.25) is 0 Å². The average Bonchev–Trinajstić information content (AvgIpc) is 2.91. The van der Waals surface area contributed by atoms with Crippen molar-refractivity contribution in [3.63, 3.8) is 0 Å². The largest absolute Gasteiger partial charge is 0.334 e. The fourth-order valence-electron chi connectivity index (χ4n) is 2.67. The van der Waals surface area contributed by atoms with E-state index in [2.05, 4.69) is 20.9 Å². The number of thiazole rings is 1. The van der Waals surface area contributed by atoms with Crippen LogP contribution in [-0.2, 0) is 6.67 Å². The van der Waals surface area contributed by atoms with Crippen LogP contribution in [0.15, 0.2) is 62.8 Å². The van der Waals surface area contributed by atoms with Crippen LogP contribution >= 0.6 is 27.3 Å². The quantitative estimate of drug-likeness (QED) is 0.642. The molecule has 3 aromatic rings. The normalized spacial score (nSPS) is 14.3. The molecule has 0 aliphatic carbocycles. The van der Waals surface area contributed by atoms with Crippen molar-refractivity contribution >= 4 is 39.0 Å². The van der Waals surface area contributed by atoms with E-state index in [0.29, 0.717) is 22.7 Å². The lowest BCUT2D eigenvalue weighted by atomic mass is 10.2. The zero-order valence-corrected chi connectivity index (χ0v) is 15.4. The molecule has 4 nitrogen and oxygen atoms in total. The summed E-state index contributed by atoms with van der Waals surface area (Å²) in [5.74, 6) is -0.281. The highest BCUT2D eigenvalue weighted by molar-refractivity contribution is 9.10. The van der Waals surface area contributed by atoms with Crippen LogP contribution in [-0.4, -0.2) is 11.2 Å². The third kappa shape index (κ3) is 3.29. The number of benzene rings is 2. The second-order valence-electron chi connectivity index (χ2n) is 5.64. The van der Waals surface area contributed by atoms with Gasteiger partial charge in [-0.3, -0.25) is 9.36 Å². The van der Waals surface area contributed by atoms with E-state index in [1.807, 2.05) is 35.2 Å². The molecular weight excluding hydrogens is 405 g/mol. The van der Waals surface area contributed by atoms with E-state index in [-0.39, 0.29) is 11.4 Å². The predicted octanol–water partition coefficient (Wildman–Crippen LogP) is 2.70. The molecule has 0 saturated carbocycles. The van der Waals surface area contributed by atoms with Crippen molar-refractivity contribution in [3.8, 4) is 0 Å². The van der Waals surface area contributed by atoms with Gasteiger partial charge in [-0.25, -0.2) is 9.38 Å². The molecule has 1 aliphatic rings. The lowest BCUT2D eigenvalue weighted by Crippen LogP contribution is -2.42. The van der Waals surface area contributed by atoms with Crippen LogP contribution < -0.4 is 19.8 Å². The van der Waals surface area contributed by atoms with Crippen molar-refractivity contribution in [3.05, 3.63) is 84.1 Å². The maximum Gasteiger partial charge on any atom is 0.271 e. The lowest BCUT2D eigenvalue weighted by Gasteiger charge is -2.25. The molecule has 2 aromatic carbocycles. The summed E-state index contributed by atoms with van der Waals surface area (Å²) in [6.45, 7) is 0.855.